The Labute approximate surface area is 167 Å². The first-order valence-corrected chi connectivity index (χ1v) is 11.5. The number of benzene rings is 1. The number of rotatable bonds is 7. The fraction of sp³-hybridized carbons (Fsp3) is 0.650. The highest BCUT2D eigenvalue weighted by Crippen LogP contribution is 2.35. The van der Waals surface area contributed by atoms with E-state index in [2.05, 4.69) is 28.8 Å². The van der Waals surface area contributed by atoms with Crippen LogP contribution in [-0.4, -0.2) is 58.1 Å². The first-order valence-electron chi connectivity index (χ1n) is 10.0. The molecule has 28 heavy (non-hydrogen) atoms. The fourth-order valence-corrected chi connectivity index (χ4v) is 4.89. The van der Waals surface area contributed by atoms with Gasteiger partial charge in [0.05, 0.1) is 10.5 Å². The van der Waals surface area contributed by atoms with Gasteiger partial charge in [-0.2, -0.15) is 0 Å². The molecule has 0 aliphatic carbocycles. The average molecular weight is 410 g/mol. The van der Waals surface area contributed by atoms with E-state index in [4.69, 9.17) is 4.74 Å². The topological polar surface area (TPSA) is 87.7 Å². The molecule has 2 N–H and O–H groups in total. The van der Waals surface area contributed by atoms with E-state index >= 15 is 0 Å². The number of carbonyl (C=O) groups excluding carboxylic acids is 1. The minimum atomic E-state index is -3.64. The molecular weight excluding hydrogens is 378 g/mol. The SMILES string of the molecule is CNS(=O)(=O)c1cc2c(c(C(=O)NCC3CCCN3CC(C)C)c1)OC(C)C2. The summed E-state index contributed by atoms with van der Waals surface area (Å²) in [5.41, 5.74) is 1.06. The lowest BCUT2D eigenvalue weighted by molar-refractivity contribution is 0.0934. The van der Waals surface area contributed by atoms with Gasteiger partial charge in [-0.05, 0) is 57.0 Å². The minimum Gasteiger partial charge on any atom is -0.489 e. The number of sulfonamides is 1. The number of nitrogens with zero attached hydrogens (tertiary/aromatic N) is 1. The summed E-state index contributed by atoms with van der Waals surface area (Å²) in [4.78, 5) is 15.5. The molecule has 1 fully saturated rings. The van der Waals surface area contributed by atoms with Gasteiger partial charge in [-0.3, -0.25) is 9.69 Å². The quantitative estimate of drug-likeness (QED) is 0.717. The summed E-state index contributed by atoms with van der Waals surface area (Å²) >= 11 is 0. The first-order chi connectivity index (χ1) is 13.2. The monoisotopic (exact) mass is 409 g/mol. The predicted octanol–water partition coefficient (Wildman–Crippen LogP) is 1.77. The van der Waals surface area contributed by atoms with Crippen molar-refractivity contribution in [3.63, 3.8) is 0 Å². The second-order valence-electron chi connectivity index (χ2n) is 8.19. The molecule has 7 nitrogen and oxygen atoms in total. The summed E-state index contributed by atoms with van der Waals surface area (Å²) in [5, 5.41) is 3.01. The number of fused-ring (bicyclic) bond motifs is 1. The van der Waals surface area contributed by atoms with E-state index in [1.54, 1.807) is 6.07 Å². The molecule has 0 bridgehead atoms. The molecule has 0 spiro atoms. The second kappa shape index (κ2) is 8.39. The normalized spacial score (nSPS) is 22.3. The molecule has 2 aliphatic rings. The molecule has 2 atom stereocenters. The molecule has 1 aromatic carbocycles. The summed E-state index contributed by atoms with van der Waals surface area (Å²) in [6.45, 7) is 8.94. The van der Waals surface area contributed by atoms with Crippen LogP contribution in [0.1, 0.15) is 49.5 Å². The van der Waals surface area contributed by atoms with Gasteiger partial charge in [-0.1, -0.05) is 13.8 Å². The average Bonchev–Trinajstić information content (AvgIpc) is 3.23. The van der Waals surface area contributed by atoms with Gasteiger partial charge in [-0.15, -0.1) is 0 Å². The fourth-order valence-electron chi connectivity index (χ4n) is 4.09. The Bertz CT molecular complexity index is 838. The van der Waals surface area contributed by atoms with E-state index in [0.717, 1.165) is 31.5 Å². The maximum absolute atomic E-state index is 12.9. The molecule has 156 valence electrons. The van der Waals surface area contributed by atoms with E-state index in [1.807, 2.05) is 6.92 Å². The van der Waals surface area contributed by atoms with Crippen LogP contribution in [0.15, 0.2) is 17.0 Å². The molecule has 1 amide bonds. The lowest BCUT2D eigenvalue weighted by atomic mass is 10.1. The largest absolute Gasteiger partial charge is 0.489 e. The minimum absolute atomic E-state index is 0.0783. The number of nitrogens with one attached hydrogen (secondary N) is 2. The van der Waals surface area contributed by atoms with Crippen LogP contribution in [0.5, 0.6) is 5.75 Å². The van der Waals surface area contributed by atoms with Crippen LogP contribution in [0.25, 0.3) is 0 Å². The highest BCUT2D eigenvalue weighted by molar-refractivity contribution is 7.89. The number of carbonyl (C=O) groups is 1. The summed E-state index contributed by atoms with van der Waals surface area (Å²) in [5.74, 6) is 0.804. The zero-order chi connectivity index (χ0) is 20.5. The number of hydrogen-bond acceptors (Lipinski definition) is 5. The summed E-state index contributed by atoms with van der Waals surface area (Å²) in [7, 11) is -2.27. The van der Waals surface area contributed by atoms with E-state index in [0.29, 0.717) is 36.2 Å². The Balaban J connectivity index is 1.79. The third-order valence-corrected chi connectivity index (χ3v) is 6.78. The summed E-state index contributed by atoms with van der Waals surface area (Å²) in [6.07, 6.45) is 2.71. The molecule has 1 aromatic rings. The van der Waals surface area contributed by atoms with Crippen molar-refractivity contribution >= 4 is 15.9 Å². The van der Waals surface area contributed by atoms with Crippen molar-refractivity contribution < 1.29 is 17.9 Å². The van der Waals surface area contributed by atoms with Crippen LogP contribution < -0.4 is 14.8 Å². The van der Waals surface area contributed by atoms with Crippen LogP contribution >= 0.6 is 0 Å². The first kappa shape index (κ1) is 21.1. The van der Waals surface area contributed by atoms with Gasteiger partial charge in [-0.25, -0.2) is 13.1 Å². The summed E-state index contributed by atoms with van der Waals surface area (Å²) in [6, 6.07) is 3.34. The van der Waals surface area contributed by atoms with Crippen LogP contribution in [0.4, 0.5) is 0 Å². The van der Waals surface area contributed by atoms with Crippen molar-refractivity contribution in [2.45, 2.75) is 57.1 Å². The third kappa shape index (κ3) is 4.50. The zero-order valence-electron chi connectivity index (χ0n) is 17.1. The molecule has 0 saturated carbocycles. The Hall–Kier alpha value is -1.64. The van der Waals surface area contributed by atoms with Crippen LogP contribution in [0.2, 0.25) is 0 Å². The standard InChI is InChI=1S/C20H31N3O4S/c1-13(2)12-23-7-5-6-16(23)11-22-20(24)18-10-17(28(25,26)21-4)9-15-8-14(3)27-19(15)18/h9-10,13-14,16,21H,5-8,11-12H2,1-4H3,(H,22,24). The molecule has 3 rings (SSSR count). The number of hydrogen-bond donors (Lipinski definition) is 2. The van der Waals surface area contributed by atoms with Crippen molar-refractivity contribution in [2.75, 3.05) is 26.7 Å². The van der Waals surface area contributed by atoms with Gasteiger partial charge in [0.15, 0.2) is 0 Å². The van der Waals surface area contributed by atoms with Crippen molar-refractivity contribution in [3.8, 4) is 5.75 Å². The Morgan fingerprint density at radius 1 is 1.36 bits per heavy atom. The molecule has 8 heteroatoms. The van der Waals surface area contributed by atoms with Crippen molar-refractivity contribution in [1.29, 1.82) is 0 Å². The van der Waals surface area contributed by atoms with Crippen LogP contribution in [0.3, 0.4) is 0 Å². The molecule has 0 radical (unpaired) electrons. The number of amides is 1. The lowest BCUT2D eigenvalue weighted by Crippen LogP contribution is -2.41. The van der Waals surface area contributed by atoms with Crippen molar-refractivity contribution in [2.24, 2.45) is 5.92 Å². The molecular formula is C20H31N3O4S. The second-order valence-corrected chi connectivity index (χ2v) is 10.1. The van der Waals surface area contributed by atoms with Crippen molar-refractivity contribution in [1.82, 2.24) is 14.9 Å². The Morgan fingerprint density at radius 3 is 2.79 bits per heavy atom. The highest BCUT2D eigenvalue weighted by Gasteiger charge is 2.30. The molecule has 2 unspecified atom stereocenters. The van der Waals surface area contributed by atoms with Gasteiger partial charge in [0, 0.05) is 25.6 Å². The maximum atomic E-state index is 12.9. The smallest absolute Gasteiger partial charge is 0.255 e. The van der Waals surface area contributed by atoms with Gasteiger partial charge in [0.25, 0.3) is 5.91 Å². The van der Waals surface area contributed by atoms with Crippen molar-refractivity contribution in [3.05, 3.63) is 23.3 Å². The Kier molecular flexibility index (Phi) is 6.31. The molecule has 0 aromatic heterocycles. The Morgan fingerprint density at radius 2 is 2.11 bits per heavy atom. The number of likely N-dealkylation sites (tertiary alicyclic amines) is 1. The molecule has 1 saturated heterocycles. The highest BCUT2D eigenvalue weighted by atomic mass is 32.2. The lowest BCUT2D eigenvalue weighted by Gasteiger charge is -2.26. The number of ether oxygens (including phenoxy) is 1. The van der Waals surface area contributed by atoms with Gasteiger partial charge in [0.2, 0.25) is 10.0 Å². The van der Waals surface area contributed by atoms with E-state index in [-0.39, 0.29) is 16.9 Å². The molecule has 2 heterocycles. The predicted molar refractivity (Wildman–Crippen MR) is 108 cm³/mol. The van der Waals surface area contributed by atoms with Gasteiger partial charge in [0.1, 0.15) is 11.9 Å². The van der Waals surface area contributed by atoms with E-state index in [9.17, 15) is 13.2 Å². The van der Waals surface area contributed by atoms with Crippen LogP contribution in [0, 0.1) is 5.92 Å². The van der Waals surface area contributed by atoms with E-state index in [1.165, 1.54) is 13.1 Å². The maximum Gasteiger partial charge on any atom is 0.255 e. The molecule has 2 aliphatic heterocycles. The zero-order valence-corrected chi connectivity index (χ0v) is 17.9. The van der Waals surface area contributed by atoms with Crippen LogP contribution in [-0.2, 0) is 16.4 Å². The van der Waals surface area contributed by atoms with Gasteiger partial charge < -0.3 is 10.1 Å². The van der Waals surface area contributed by atoms with Gasteiger partial charge >= 0.3 is 0 Å². The summed E-state index contributed by atoms with van der Waals surface area (Å²) < 4.78 is 32.7. The van der Waals surface area contributed by atoms with E-state index < -0.39 is 10.0 Å². The third-order valence-electron chi connectivity index (χ3n) is 5.39.